The molecule has 3 nitrogen and oxygen atoms in total. The Balaban J connectivity index is 3.17. The van der Waals surface area contributed by atoms with Gasteiger partial charge in [-0.05, 0) is 25.7 Å². The number of esters is 1. The standard InChI is InChI=1S/C12H20O3/c1-5-11(6-2)9(13)12(7-3,8-4)15-10(11)14/h5-8H2,1-4H3. The molecule has 1 rings (SSSR count). The summed E-state index contributed by atoms with van der Waals surface area (Å²) in [5.41, 5.74) is -1.71. The number of cyclic esters (lactones) is 1. The van der Waals surface area contributed by atoms with Crippen LogP contribution in [0.25, 0.3) is 0 Å². The molecule has 0 atom stereocenters. The monoisotopic (exact) mass is 212 g/mol. The smallest absolute Gasteiger partial charge is 0.320 e. The Hall–Kier alpha value is -0.860. The Morgan fingerprint density at radius 2 is 1.40 bits per heavy atom. The lowest BCUT2D eigenvalue weighted by molar-refractivity contribution is -0.155. The molecular formula is C12H20O3. The Bertz CT molecular complexity index is 273. The molecule has 0 radical (unpaired) electrons. The van der Waals surface area contributed by atoms with Gasteiger partial charge in [-0.2, -0.15) is 0 Å². The van der Waals surface area contributed by atoms with Crippen LogP contribution in [0.3, 0.4) is 0 Å². The van der Waals surface area contributed by atoms with Crippen LogP contribution in [0.15, 0.2) is 0 Å². The second-order valence-corrected chi connectivity index (χ2v) is 4.21. The Morgan fingerprint density at radius 3 is 1.60 bits per heavy atom. The van der Waals surface area contributed by atoms with E-state index < -0.39 is 11.0 Å². The largest absolute Gasteiger partial charge is 0.450 e. The number of rotatable bonds is 4. The highest BCUT2D eigenvalue weighted by Crippen LogP contribution is 2.45. The average molecular weight is 212 g/mol. The number of carbonyl (C=O) groups excluding carboxylic acids is 2. The predicted molar refractivity (Wildman–Crippen MR) is 57.4 cm³/mol. The normalized spacial score (nSPS) is 22.9. The summed E-state index contributed by atoms with van der Waals surface area (Å²) in [6.07, 6.45) is 2.25. The van der Waals surface area contributed by atoms with Gasteiger partial charge < -0.3 is 4.74 Å². The summed E-state index contributed by atoms with van der Waals surface area (Å²) < 4.78 is 5.37. The molecule has 15 heavy (non-hydrogen) atoms. The molecular weight excluding hydrogens is 192 g/mol. The lowest BCUT2D eigenvalue weighted by Gasteiger charge is -2.24. The lowest BCUT2D eigenvalue weighted by atomic mass is 9.73. The third kappa shape index (κ3) is 1.40. The molecule has 0 aromatic heterocycles. The van der Waals surface area contributed by atoms with Gasteiger partial charge >= 0.3 is 5.97 Å². The summed E-state index contributed by atoms with van der Waals surface area (Å²) in [5.74, 6) is -0.323. The van der Waals surface area contributed by atoms with Crippen LogP contribution in [0.2, 0.25) is 0 Å². The predicted octanol–water partition coefficient (Wildman–Crippen LogP) is 2.48. The molecule has 3 heteroatoms. The quantitative estimate of drug-likeness (QED) is 0.531. The molecule has 1 heterocycles. The van der Waals surface area contributed by atoms with Gasteiger partial charge in [0.05, 0.1) is 0 Å². The van der Waals surface area contributed by atoms with Crippen molar-refractivity contribution in [1.29, 1.82) is 0 Å². The number of Topliss-reactive ketones (excluding diaryl/α,β-unsaturated/α-hetero) is 1. The maximum absolute atomic E-state index is 12.3. The van der Waals surface area contributed by atoms with Crippen molar-refractivity contribution in [3.8, 4) is 0 Å². The van der Waals surface area contributed by atoms with Crippen LogP contribution in [0, 0.1) is 5.41 Å². The van der Waals surface area contributed by atoms with Gasteiger partial charge in [-0.15, -0.1) is 0 Å². The van der Waals surface area contributed by atoms with E-state index in [1.54, 1.807) is 0 Å². The van der Waals surface area contributed by atoms with Crippen molar-refractivity contribution < 1.29 is 14.3 Å². The van der Waals surface area contributed by atoms with Crippen LogP contribution in [0.5, 0.6) is 0 Å². The van der Waals surface area contributed by atoms with E-state index in [2.05, 4.69) is 0 Å². The summed E-state index contributed by atoms with van der Waals surface area (Å²) in [7, 11) is 0. The van der Waals surface area contributed by atoms with Crippen molar-refractivity contribution in [1.82, 2.24) is 0 Å². The first kappa shape index (κ1) is 12.2. The molecule has 0 amide bonds. The first-order chi connectivity index (χ1) is 7.03. The molecule has 0 aliphatic carbocycles. The van der Waals surface area contributed by atoms with Gasteiger partial charge in [0.1, 0.15) is 5.41 Å². The van der Waals surface area contributed by atoms with E-state index in [1.807, 2.05) is 27.7 Å². The third-order valence-electron chi connectivity index (χ3n) is 3.88. The first-order valence-corrected chi connectivity index (χ1v) is 5.81. The van der Waals surface area contributed by atoms with Crippen molar-refractivity contribution >= 4 is 11.8 Å². The van der Waals surface area contributed by atoms with Crippen molar-refractivity contribution in [3.05, 3.63) is 0 Å². The van der Waals surface area contributed by atoms with Gasteiger partial charge in [0.25, 0.3) is 0 Å². The molecule has 1 aliphatic rings. The van der Waals surface area contributed by atoms with Crippen LogP contribution in [0.1, 0.15) is 53.4 Å². The van der Waals surface area contributed by atoms with E-state index in [-0.39, 0.29) is 11.8 Å². The zero-order valence-corrected chi connectivity index (χ0v) is 10.1. The van der Waals surface area contributed by atoms with Crippen LogP contribution >= 0.6 is 0 Å². The van der Waals surface area contributed by atoms with Gasteiger partial charge in [0.15, 0.2) is 11.4 Å². The van der Waals surface area contributed by atoms with Gasteiger partial charge in [-0.25, -0.2) is 0 Å². The molecule has 1 fully saturated rings. The second kappa shape index (κ2) is 3.95. The van der Waals surface area contributed by atoms with Crippen molar-refractivity contribution in [3.63, 3.8) is 0 Å². The molecule has 0 N–H and O–H groups in total. The highest BCUT2D eigenvalue weighted by atomic mass is 16.6. The molecule has 86 valence electrons. The van der Waals surface area contributed by atoms with Gasteiger partial charge in [-0.3, -0.25) is 9.59 Å². The van der Waals surface area contributed by atoms with Crippen LogP contribution < -0.4 is 0 Å². The van der Waals surface area contributed by atoms with Crippen LogP contribution in [-0.4, -0.2) is 17.4 Å². The van der Waals surface area contributed by atoms with E-state index in [1.165, 1.54) is 0 Å². The third-order valence-corrected chi connectivity index (χ3v) is 3.88. The molecule has 0 bridgehead atoms. The Morgan fingerprint density at radius 1 is 0.933 bits per heavy atom. The van der Waals surface area contributed by atoms with E-state index in [4.69, 9.17) is 4.74 Å². The zero-order valence-electron chi connectivity index (χ0n) is 10.1. The highest BCUT2D eigenvalue weighted by molar-refractivity contribution is 6.13. The fourth-order valence-electron chi connectivity index (χ4n) is 2.43. The minimum Gasteiger partial charge on any atom is -0.450 e. The SMILES string of the molecule is CCC1(CC)OC(=O)C(CC)(CC)C1=O. The number of hydrogen-bond acceptors (Lipinski definition) is 3. The first-order valence-electron chi connectivity index (χ1n) is 5.81. The van der Waals surface area contributed by atoms with Crippen molar-refractivity contribution in [2.75, 3.05) is 0 Å². The number of hydrogen-bond donors (Lipinski definition) is 0. The topological polar surface area (TPSA) is 43.4 Å². The van der Waals surface area contributed by atoms with Crippen LogP contribution in [-0.2, 0) is 14.3 Å². The fourth-order valence-corrected chi connectivity index (χ4v) is 2.43. The molecule has 0 unspecified atom stereocenters. The maximum Gasteiger partial charge on any atom is 0.320 e. The summed E-state index contributed by atoms with van der Waals surface area (Å²) in [4.78, 5) is 24.2. The molecule has 0 aromatic rings. The Kier molecular flexibility index (Phi) is 3.22. The number of ether oxygens (including phenoxy) is 1. The molecule has 1 aliphatic heterocycles. The minimum absolute atomic E-state index is 0.00463. The summed E-state index contributed by atoms with van der Waals surface area (Å²) >= 11 is 0. The highest BCUT2D eigenvalue weighted by Gasteiger charge is 2.61. The fraction of sp³-hybridized carbons (Fsp3) is 0.833. The van der Waals surface area contributed by atoms with E-state index in [0.717, 1.165) is 0 Å². The zero-order chi connectivity index (χ0) is 11.7. The summed E-state index contributed by atoms with van der Waals surface area (Å²) in [5, 5.41) is 0. The molecule has 1 saturated heterocycles. The van der Waals surface area contributed by atoms with Gasteiger partial charge in [-0.1, -0.05) is 27.7 Å². The second-order valence-electron chi connectivity index (χ2n) is 4.21. The van der Waals surface area contributed by atoms with Gasteiger partial charge in [0.2, 0.25) is 0 Å². The van der Waals surface area contributed by atoms with Gasteiger partial charge in [0, 0.05) is 0 Å². The summed E-state index contributed by atoms with van der Waals surface area (Å²) in [6.45, 7) is 7.56. The van der Waals surface area contributed by atoms with Crippen LogP contribution in [0.4, 0.5) is 0 Å². The van der Waals surface area contributed by atoms with Crippen molar-refractivity contribution in [2.45, 2.75) is 59.0 Å². The molecule has 0 spiro atoms. The Labute approximate surface area is 91.2 Å². The van der Waals surface area contributed by atoms with E-state index >= 15 is 0 Å². The number of ketones is 1. The van der Waals surface area contributed by atoms with E-state index in [9.17, 15) is 9.59 Å². The summed E-state index contributed by atoms with van der Waals surface area (Å²) in [6, 6.07) is 0. The maximum atomic E-state index is 12.3. The van der Waals surface area contributed by atoms with Crippen molar-refractivity contribution in [2.24, 2.45) is 5.41 Å². The number of carbonyl (C=O) groups is 2. The molecule has 0 aromatic carbocycles. The lowest BCUT2D eigenvalue weighted by Crippen LogP contribution is -2.40. The van der Waals surface area contributed by atoms with E-state index in [0.29, 0.717) is 25.7 Å². The molecule has 0 saturated carbocycles. The average Bonchev–Trinajstić information content (AvgIpc) is 2.48. The minimum atomic E-state index is -0.869.